The van der Waals surface area contributed by atoms with Crippen LogP contribution in [-0.2, 0) is 0 Å². The van der Waals surface area contributed by atoms with Crippen molar-refractivity contribution in [2.45, 2.75) is 101 Å². The van der Waals surface area contributed by atoms with Gasteiger partial charge >= 0.3 is 0 Å². The van der Waals surface area contributed by atoms with Crippen LogP contribution in [0.15, 0.2) is 0 Å². The molecular weight excluding hydrogens is 244 g/mol. The predicted molar refractivity (Wildman–Crippen MR) is 81.2 cm³/mol. The van der Waals surface area contributed by atoms with Crippen LogP contribution in [0.5, 0.6) is 0 Å². The van der Waals surface area contributed by atoms with E-state index in [4.69, 9.17) is 0 Å². The first-order valence-corrected chi connectivity index (χ1v) is 9.48. The fourth-order valence-electron chi connectivity index (χ4n) is 6.70. The summed E-state index contributed by atoms with van der Waals surface area (Å²) in [5, 5.41) is 5.89. The lowest BCUT2D eigenvalue weighted by Crippen LogP contribution is -2.74. The van der Waals surface area contributed by atoms with Gasteiger partial charge in [-0.25, -0.2) is 10.0 Å². The lowest BCUT2D eigenvalue weighted by molar-refractivity contribution is -0.268. The Balaban J connectivity index is 1.43. The summed E-state index contributed by atoms with van der Waals surface area (Å²) in [6.07, 6.45) is 18.2. The third-order valence-corrected chi connectivity index (χ3v) is 7.48. The van der Waals surface area contributed by atoms with E-state index in [1.54, 1.807) is 19.3 Å². The zero-order chi connectivity index (χ0) is 13.1. The van der Waals surface area contributed by atoms with Gasteiger partial charge in [-0.05, 0) is 56.8 Å². The molecule has 2 heteroatoms. The fraction of sp³-hybridized carbons (Fsp3) is 1.00. The van der Waals surface area contributed by atoms with E-state index in [9.17, 15) is 0 Å². The van der Waals surface area contributed by atoms with Crippen LogP contribution in [0.25, 0.3) is 0 Å². The summed E-state index contributed by atoms with van der Waals surface area (Å²) in [5.74, 6) is 2.14. The molecule has 7 aliphatic rings. The molecule has 5 atom stereocenters. The maximum absolute atomic E-state index is 2.97. The number of hydrazine groups is 1. The number of fused-ring (bicyclic) bond motifs is 4. The first kappa shape index (κ1) is 12.5. The normalized spacial score (nSPS) is 54.9. The monoisotopic (exact) mass is 274 g/mol. The van der Waals surface area contributed by atoms with Gasteiger partial charge in [0, 0.05) is 24.2 Å². The minimum Gasteiger partial charge on any atom is -0.235 e. The number of hydrogen-bond acceptors (Lipinski definition) is 2. The average molecular weight is 274 g/mol. The molecule has 0 aromatic carbocycles. The maximum Gasteiger partial charge on any atom is 0.0281 e. The summed E-state index contributed by atoms with van der Waals surface area (Å²) in [6, 6.07) is 3.73. The van der Waals surface area contributed by atoms with Crippen LogP contribution in [0.4, 0.5) is 0 Å². The molecule has 7 rings (SSSR count). The van der Waals surface area contributed by atoms with E-state index in [1.165, 1.54) is 57.8 Å². The summed E-state index contributed by atoms with van der Waals surface area (Å²) in [4.78, 5) is 0. The van der Waals surface area contributed by atoms with Crippen LogP contribution in [-0.4, -0.2) is 34.2 Å². The van der Waals surface area contributed by atoms with Crippen molar-refractivity contribution in [1.29, 1.82) is 0 Å². The van der Waals surface area contributed by atoms with E-state index in [2.05, 4.69) is 10.0 Å². The molecule has 0 aromatic rings. The molecule has 3 aliphatic carbocycles. The summed E-state index contributed by atoms with van der Waals surface area (Å²) in [5.41, 5.74) is 0. The van der Waals surface area contributed by atoms with Crippen molar-refractivity contribution in [2.75, 3.05) is 0 Å². The minimum absolute atomic E-state index is 0.930. The maximum atomic E-state index is 2.97. The zero-order valence-electron chi connectivity index (χ0n) is 12.8. The molecule has 3 saturated carbocycles. The van der Waals surface area contributed by atoms with E-state index in [0.29, 0.717) is 0 Å². The highest BCUT2D eigenvalue weighted by molar-refractivity contribution is 5.05. The third-order valence-electron chi connectivity index (χ3n) is 7.48. The Hall–Kier alpha value is -0.0800. The van der Waals surface area contributed by atoms with Gasteiger partial charge in [-0.15, -0.1) is 0 Å². The summed E-state index contributed by atoms with van der Waals surface area (Å²) in [7, 11) is 0. The standard InChI is InChI=1S/C18H30N2/c1-2-4-13(5-3-1)17-12-16-10-11-18(17)20-15-8-6-14(7-9-15)19(16)20/h13-18H,1-12H2/t14?,15?,16-,17+,18+/m1/s1. The highest BCUT2D eigenvalue weighted by Gasteiger charge is 2.55. The van der Waals surface area contributed by atoms with Crippen LogP contribution in [0.1, 0.15) is 77.0 Å². The molecule has 4 heterocycles. The largest absolute Gasteiger partial charge is 0.235 e. The number of rotatable bonds is 1. The highest BCUT2D eigenvalue weighted by atomic mass is 15.7. The zero-order valence-corrected chi connectivity index (χ0v) is 12.8. The van der Waals surface area contributed by atoms with E-state index in [0.717, 1.165) is 36.0 Å². The van der Waals surface area contributed by atoms with Crippen LogP contribution in [0, 0.1) is 11.8 Å². The molecule has 0 aromatic heterocycles. The van der Waals surface area contributed by atoms with Crippen molar-refractivity contribution in [3.8, 4) is 0 Å². The van der Waals surface area contributed by atoms with E-state index in [-0.39, 0.29) is 0 Å². The van der Waals surface area contributed by atoms with E-state index in [1.807, 2.05) is 0 Å². The van der Waals surface area contributed by atoms with Gasteiger partial charge in [0.05, 0.1) is 0 Å². The number of nitrogens with zero attached hydrogens (tertiary/aromatic N) is 2. The van der Waals surface area contributed by atoms with E-state index >= 15 is 0 Å². The lowest BCUT2D eigenvalue weighted by atomic mass is 9.66. The summed E-state index contributed by atoms with van der Waals surface area (Å²) < 4.78 is 0. The molecule has 20 heavy (non-hydrogen) atoms. The van der Waals surface area contributed by atoms with Crippen molar-refractivity contribution in [3.63, 3.8) is 0 Å². The smallest absolute Gasteiger partial charge is 0.0281 e. The molecule has 4 aliphatic heterocycles. The molecule has 0 N–H and O–H groups in total. The van der Waals surface area contributed by atoms with Gasteiger partial charge in [-0.2, -0.15) is 0 Å². The van der Waals surface area contributed by atoms with Gasteiger partial charge in [0.15, 0.2) is 0 Å². The Kier molecular flexibility index (Phi) is 2.93. The predicted octanol–water partition coefficient (Wildman–Crippen LogP) is 3.96. The molecule has 112 valence electrons. The minimum atomic E-state index is 0.930. The lowest BCUT2D eigenvalue weighted by Gasteiger charge is -2.67. The summed E-state index contributed by atoms with van der Waals surface area (Å²) in [6.45, 7) is 0. The molecule has 0 amide bonds. The van der Waals surface area contributed by atoms with Gasteiger partial charge in [-0.1, -0.05) is 32.1 Å². The molecule has 0 radical (unpaired) electrons. The van der Waals surface area contributed by atoms with Gasteiger partial charge in [0.2, 0.25) is 0 Å². The Labute approximate surface area is 123 Å². The summed E-state index contributed by atoms with van der Waals surface area (Å²) >= 11 is 0. The van der Waals surface area contributed by atoms with Crippen molar-refractivity contribution >= 4 is 0 Å². The third kappa shape index (κ3) is 1.70. The Morgan fingerprint density at radius 1 is 0.550 bits per heavy atom. The first-order valence-electron chi connectivity index (χ1n) is 9.48. The van der Waals surface area contributed by atoms with Crippen LogP contribution in [0.3, 0.4) is 0 Å². The fourth-order valence-corrected chi connectivity index (χ4v) is 6.70. The number of hydrogen-bond donors (Lipinski definition) is 0. The van der Waals surface area contributed by atoms with Crippen LogP contribution >= 0.6 is 0 Å². The molecule has 4 saturated heterocycles. The topological polar surface area (TPSA) is 6.48 Å². The van der Waals surface area contributed by atoms with Crippen molar-refractivity contribution in [2.24, 2.45) is 11.8 Å². The van der Waals surface area contributed by atoms with Gasteiger partial charge < -0.3 is 0 Å². The molecular formula is C18H30N2. The van der Waals surface area contributed by atoms with Gasteiger partial charge in [0.1, 0.15) is 0 Å². The second-order valence-corrected chi connectivity index (χ2v) is 8.32. The highest BCUT2D eigenvalue weighted by Crippen LogP contribution is 2.52. The second-order valence-electron chi connectivity index (χ2n) is 8.32. The van der Waals surface area contributed by atoms with E-state index < -0.39 is 0 Å². The van der Waals surface area contributed by atoms with Gasteiger partial charge in [-0.3, -0.25) is 0 Å². The Morgan fingerprint density at radius 2 is 1.20 bits per heavy atom. The van der Waals surface area contributed by atoms with Crippen molar-refractivity contribution in [1.82, 2.24) is 10.0 Å². The SMILES string of the molecule is C1CCC([C@@H]2C[C@H]3CC[C@@H]2N2C4CCC(CC4)N32)CC1. The average Bonchev–Trinajstić information content (AvgIpc) is 2.57. The quantitative estimate of drug-likeness (QED) is 0.714. The molecule has 2 unspecified atom stereocenters. The second kappa shape index (κ2) is 4.71. The van der Waals surface area contributed by atoms with Crippen molar-refractivity contribution in [3.05, 3.63) is 0 Å². The first-order chi connectivity index (χ1) is 9.92. The van der Waals surface area contributed by atoms with Gasteiger partial charge in [0.25, 0.3) is 0 Å². The molecule has 2 nitrogen and oxygen atoms in total. The molecule has 4 bridgehead atoms. The Bertz CT molecular complexity index is 368. The van der Waals surface area contributed by atoms with Crippen LogP contribution in [0.2, 0.25) is 0 Å². The van der Waals surface area contributed by atoms with Crippen LogP contribution < -0.4 is 0 Å². The molecule has 7 fully saturated rings. The Morgan fingerprint density at radius 3 is 1.95 bits per heavy atom. The van der Waals surface area contributed by atoms with Crippen molar-refractivity contribution < 1.29 is 0 Å². The molecule has 0 spiro atoms.